The first-order valence-corrected chi connectivity index (χ1v) is 7.00. The summed E-state index contributed by atoms with van der Waals surface area (Å²) in [6, 6.07) is 5.29. The van der Waals surface area contributed by atoms with Crippen molar-refractivity contribution in [2.24, 2.45) is 0 Å². The molecule has 0 fully saturated rings. The maximum absolute atomic E-state index is 11.1. The zero-order valence-corrected chi connectivity index (χ0v) is 12.8. The number of anilines is 1. The summed E-state index contributed by atoms with van der Waals surface area (Å²) in [5, 5.41) is 14.9. The summed E-state index contributed by atoms with van der Waals surface area (Å²) in [4.78, 5) is 11.1. The summed E-state index contributed by atoms with van der Waals surface area (Å²) in [7, 11) is 1.55. The van der Waals surface area contributed by atoms with E-state index in [2.05, 4.69) is 26.6 Å². The van der Waals surface area contributed by atoms with Crippen LogP contribution in [-0.4, -0.2) is 43.2 Å². The molecule has 1 rings (SSSR count). The van der Waals surface area contributed by atoms with E-state index in [-0.39, 0.29) is 18.4 Å². The Labute approximate surface area is 125 Å². The quantitative estimate of drug-likeness (QED) is 0.652. The molecule has 7 heteroatoms. The summed E-state index contributed by atoms with van der Waals surface area (Å²) in [6.45, 7) is 0.295. The fourth-order valence-electron chi connectivity index (χ4n) is 1.23. The van der Waals surface area contributed by atoms with Crippen molar-refractivity contribution in [1.82, 2.24) is 5.32 Å². The van der Waals surface area contributed by atoms with Crippen molar-refractivity contribution < 1.29 is 14.6 Å². The van der Waals surface area contributed by atoms with E-state index in [0.29, 0.717) is 12.3 Å². The Morgan fingerprint density at radius 3 is 2.95 bits per heavy atom. The first-order chi connectivity index (χ1) is 9.06. The van der Waals surface area contributed by atoms with E-state index in [9.17, 15) is 9.90 Å². The molecule has 19 heavy (non-hydrogen) atoms. The van der Waals surface area contributed by atoms with Crippen LogP contribution in [0.5, 0.6) is 5.75 Å². The minimum Gasteiger partial charge on any atom is -0.484 e. The number of likely N-dealkylation sites (N-methyl/N-ethyl adjacent to an activating group) is 1. The number of halogens is 2. The van der Waals surface area contributed by atoms with E-state index in [4.69, 9.17) is 16.3 Å². The lowest BCUT2D eigenvalue weighted by molar-refractivity contribution is -0.122. The number of benzene rings is 1. The third-order valence-electron chi connectivity index (χ3n) is 2.29. The van der Waals surface area contributed by atoms with Gasteiger partial charge in [-0.1, -0.05) is 0 Å². The average molecular weight is 352 g/mol. The van der Waals surface area contributed by atoms with E-state index in [1.165, 1.54) is 0 Å². The van der Waals surface area contributed by atoms with Crippen molar-refractivity contribution in [1.29, 1.82) is 0 Å². The van der Waals surface area contributed by atoms with Gasteiger partial charge in [0, 0.05) is 24.1 Å². The molecule has 5 nitrogen and oxygen atoms in total. The maximum Gasteiger partial charge on any atom is 0.257 e. The molecule has 1 unspecified atom stereocenters. The number of amides is 1. The Kier molecular flexibility index (Phi) is 6.97. The molecule has 0 heterocycles. The lowest BCUT2D eigenvalue weighted by Crippen LogP contribution is -2.25. The molecule has 0 bridgehead atoms. The molecule has 0 aliphatic carbocycles. The Hall–Kier alpha value is -0.980. The van der Waals surface area contributed by atoms with Gasteiger partial charge in [0.2, 0.25) is 0 Å². The number of nitrogens with one attached hydrogen (secondary N) is 2. The van der Waals surface area contributed by atoms with Gasteiger partial charge in [0.05, 0.1) is 17.7 Å². The van der Waals surface area contributed by atoms with Crippen molar-refractivity contribution in [2.75, 3.05) is 31.4 Å². The second kappa shape index (κ2) is 8.24. The van der Waals surface area contributed by atoms with Crippen LogP contribution in [0.2, 0.25) is 0 Å². The second-order valence-corrected chi connectivity index (χ2v) is 4.96. The molecule has 0 aliphatic rings. The van der Waals surface area contributed by atoms with Crippen molar-refractivity contribution >= 4 is 39.1 Å². The van der Waals surface area contributed by atoms with Crippen LogP contribution >= 0.6 is 27.5 Å². The SMILES string of the molecule is CNC(=O)COc1ccc(Br)c(NCC(O)CCl)c1. The molecule has 1 atom stereocenters. The predicted molar refractivity (Wildman–Crippen MR) is 78.9 cm³/mol. The fraction of sp³-hybridized carbons (Fsp3) is 0.417. The van der Waals surface area contributed by atoms with Gasteiger partial charge in [-0.05, 0) is 28.1 Å². The lowest BCUT2D eigenvalue weighted by atomic mass is 10.3. The normalized spacial score (nSPS) is 11.8. The standard InChI is InChI=1S/C12H16BrClN2O3/c1-15-12(18)7-19-9-2-3-10(13)11(4-9)16-6-8(17)5-14/h2-4,8,16-17H,5-7H2,1H3,(H,15,18). The largest absolute Gasteiger partial charge is 0.484 e. The molecular weight excluding hydrogens is 336 g/mol. The van der Waals surface area contributed by atoms with Crippen molar-refractivity contribution in [3.05, 3.63) is 22.7 Å². The highest BCUT2D eigenvalue weighted by molar-refractivity contribution is 9.10. The molecule has 0 aromatic heterocycles. The highest BCUT2D eigenvalue weighted by Gasteiger charge is 2.07. The first kappa shape index (κ1) is 16.1. The molecule has 1 aromatic carbocycles. The second-order valence-electron chi connectivity index (χ2n) is 3.79. The van der Waals surface area contributed by atoms with Gasteiger partial charge in [-0.3, -0.25) is 4.79 Å². The summed E-state index contributed by atoms with van der Waals surface area (Å²) in [5.41, 5.74) is 0.763. The summed E-state index contributed by atoms with van der Waals surface area (Å²) < 4.78 is 6.16. The Morgan fingerprint density at radius 1 is 1.58 bits per heavy atom. The van der Waals surface area contributed by atoms with Crippen LogP contribution in [0.25, 0.3) is 0 Å². The minimum atomic E-state index is -0.621. The van der Waals surface area contributed by atoms with Crippen LogP contribution in [-0.2, 0) is 4.79 Å². The molecule has 0 spiro atoms. The Morgan fingerprint density at radius 2 is 2.32 bits per heavy atom. The lowest BCUT2D eigenvalue weighted by Gasteiger charge is -2.13. The highest BCUT2D eigenvalue weighted by atomic mass is 79.9. The summed E-state index contributed by atoms with van der Waals surface area (Å²) >= 11 is 8.90. The topological polar surface area (TPSA) is 70.6 Å². The number of alkyl halides is 1. The Bertz CT molecular complexity index is 431. The number of carbonyl (C=O) groups is 1. The smallest absolute Gasteiger partial charge is 0.257 e. The zero-order valence-electron chi connectivity index (χ0n) is 10.5. The summed E-state index contributed by atoms with van der Waals surface area (Å²) in [5.74, 6) is 0.530. The molecule has 1 aromatic rings. The van der Waals surface area contributed by atoms with E-state index in [1.807, 2.05) is 0 Å². The van der Waals surface area contributed by atoms with Crippen LogP contribution in [0.3, 0.4) is 0 Å². The van der Waals surface area contributed by atoms with E-state index < -0.39 is 6.10 Å². The van der Waals surface area contributed by atoms with Crippen molar-refractivity contribution in [3.63, 3.8) is 0 Å². The molecule has 0 saturated carbocycles. The van der Waals surface area contributed by atoms with Crippen LogP contribution in [0, 0.1) is 0 Å². The molecule has 0 radical (unpaired) electrons. The Balaban J connectivity index is 2.63. The van der Waals surface area contributed by atoms with Crippen LogP contribution in [0.15, 0.2) is 22.7 Å². The predicted octanol–water partition coefficient (Wildman–Crippen LogP) is 1.59. The number of aliphatic hydroxyl groups is 1. The molecule has 0 aliphatic heterocycles. The zero-order chi connectivity index (χ0) is 14.3. The van der Waals surface area contributed by atoms with E-state index >= 15 is 0 Å². The van der Waals surface area contributed by atoms with Gasteiger partial charge in [-0.2, -0.15) is 0 Å². The minimum absolute atomic E-state index is 0.0398. The highest BCUT2D eigenvalue weighted by Crippen LogP contribution is 2.27. The molecule has 0 saturated heterocycles. The van der Waals surface area contributed by atoms with Crippen LogP contribution in [0.4, 0.5) is 5.69 Å². The molecule has 1 amide bonds. The van der Waals surface area contributed by atoms with Gasteiger partial charge in [-0.15, -0.1) is 11.6 Å². The van der Waals surface area contributed by atoms with Gasteiger partial charge in [0.15, 0.2) is 6.61 Å². The number of hydrogen-bond donors (Lipinski definition) is 3. The number of hydrogen-bond acceptors (Lipinski definition) is 4. The number of aliphatic hydroxyl groups excluding tert-OH is 1. The first-order valence-electron chi connectivity index (χ1n) is 5.67. The fourth-order valence-corrected chi connectivity index (χ4v) is 1.73. The van der Waals surface area contributed by atoms with Crippen molar-refractivity contribution in [3.8, 4) is 5.75 Å². The third-order valence-corrected chi connectivity index (χ3v) is 3.34. The number of ether oxygens (including phenoxy) is 1. The van der Waals surface area contributed by atoms with Gasteiger partial charge in [0.1, 0.15) is 5.75 Å². The van der Waals surface area contributed by atoms with Crippen LogP contribution in [0.1, 0.15) is 0 Å². The van der Waals surface area contributed by atoms with Gasteiger partial charge >= 0.3 is 0 Å². The maximum atomic E-state index is 11.1. The average Bonchev–Trinajstić information content (AvgIpc) is 2.44. The molecule has 3 N–H and O–H groups in total. The van der Waals surface area contributed by atoms with E-state index in [0.717, 1.165) is 10.2 Å². The van der Waals surface area contributed by atoms with Gasteiger partial charge in [-0.25, -0.2) is 0 Å². The third kappa shape index (κ3) is 5.67. The van der Waals surface area contributed by atoms with Crippen LogP contribution < -0.4 is 15.4 Å². The molecule has 106 valence electrons. The van der Waals surface area contributed by atoms with Gasteiger partial charge in [0.25, 0.3) is 5.91 Å². The van der Waals surface area contributed by atoms with Gasteiger partial charge < -0.3 is 20.5 Å². The monoisotopic (exact) mass is 350 g/mol. The number of rotatable bonds is 7. The molecular formula is C12H16BrClN2O3. The van der Waals surface area contributed by atoms with E-state index in [1.54, 1.807) is 25.2 Å². The summed E-state index contributed by atoms with van der Waals surface area (Å²) in [6.07, 6.45) is -0.621. The number of carbonyl (C=O) groups excluding carboxylic acids is 1. The van der Waals surface area contributed by atoms with Crippen molar-refractivity contribution in [2.45, 2.75) is 6.10 Å².